The van der Waals surface area contributed by atoms with Gasteiger partial charge in [-0.05, 0) is 0 Å². The standard InChI is InChI=1S/C10H16N2O8.2Cd/c13-7(14)3-11(4-8(15)16)1-2-12(5-9(17)18)6-10(19)20;;/h1-6H2,(H,13,14)(H,15,16)(H,17,18)(H,19,20);;. The zero-order valence-electron chi connectivity index (χ0n) is 12.0. The van der Waals surface area contributed by atoms with Gasteiger partial charge in [0.2, 0.25) is 0 Å². The first-order chi connectivity index (χ1) is 9.20. The van der Waals surface area contributed by atoms with Crippen LogP contribution in [-0.2, 0) is 73.8 Å². The fraction of sp³-hybridized carbons (Fsp3) is 0.600. The SMILES string of the molecule is O=C(O)CN(CCN(CC(=O)O)CC(=O)O)CC(=O)O.[Cd].[Cd]. The van der Waals surface area contributed by atoms with Gasteiger partial charge >= 0.3 is 23.9 Å². The quantitative estimate of drug-likeness (QED) is 0.225. The maximum absolute atomic E-state index is 10.6. The van der Waals surface area contributed by atoms with Gasteiger partial charge in [-0.1, -0.05) is 0 Å². The first kappa shape index (κ1) is 26.5. The summed E-state index contributed by atoms with van der Waals surface area (Å²) in [5.74, 6) is -4.91. The number of carboxylic acid groups (broad SMARTS) is 4. The van der Waals surface area contributed by atoms with Gasteiger partial charge in [0.25, 0.3) is 0 Å². The molecule has 0 rings (SSSR count). The van der Waals surface area contributed by atoms with Gasteiger partial charge in [0.15, 0.2) is 0 Å². The summed E-state index contributed by atoms with van der Waals surface area (Å²) < 4.78 is 0. The van der Waals surface area contributed by atoms with Crippen LogP contribution in [-0.4, -0.2) is 93.4 Å². The Kier molecular flexibility index (Phi) is 17.2. The molecular weight excluding hydrogens is 501 g/mol. The van der Waals surface area contributed by atoms with Gasteiger partial charge in [0.05, 0.1) is 26.2 Å². The monoisotopic (exact) mass is 520 g/mol. The average molecular weight is 517 g/mol. The molecule has 0 amide bonds. The summed E-state index contributed by atoms with van der Waals surface area (Å²) in [7, 11) is 0. The molecule has 0 aliphatic heterocycles. The molecule has 0 aromatic rings. The maximum atomic E-state index is 10.6. The molecule has 12 heteroatoms. The molecule has 0 aliphatic rings. The van der Waals surface area contributed by atoms with Crippen LogP contribution in [0.4, 0.5) is 0 Å². The van der Waals surface area contributed by atoms with E-state index in [9.17, 15) is 19.2 Å². The molecule has 0 aromatic carbocycles. The van der Waals surface area contributed by atoms with E-state index >= 15 is 0 Å². The number of hydrogen-bond acceptors (Lipinski definition) is 6. The van der Waals surface area contributed by atoms with Gasteiger partial charge < -0.3 is 20.4 Å². The molecular formula is C10H16Cd2N2O8. The van der Waals surface area contributed by atoms with E-state index in [4.69, 9.17) is 20.4 Å². The predicted molar refractivity (Wildman–Crippen MR) is 63.4 cm³/mol. The average Bonchev–Trinajstić information content (AvgIpc) is 2.22. The summed E-state index contributed by atoms with van der Waals surface area (Å²) in [4.78, 5) is 44.4. The molecule has 0 radical (unpaired) electrons. The molecule has 4 N–H and O–H groups in total. The van der Waals surface area contributed by atoms with E-state index in [0.29, 0.717) is 0 Å². The molecule has 118 valence electrons. The normalized spacial score (nSPS) is 9.73. The molecule has 0 unspecified atom stereocenters. The van der Waals surface area contributed by atoms with Gasteiger partial charge in [-0.15, -0.1) is 0 Å². The number of nitrogens with zero attached hydrogens (tertiary/aromatic N) is 2. The van der Waals surface area contributed by atoms with Crippen LogP contribution >= 0.6 is 0 Å². The molecule has 10 nitrogen and oxygen atoms in total. The van der Waals surface area contributed by atoms with Crippen LogP contribution in [0.1, 0.15) is 0 Å². The van der Waals surface area contributed by atoms with E-state index in [2.05, 4.69) is 0 Å². The third kappa shape index (κ3) is 16.0. The Hall–Kier alpha value is -0.356. The molecule has 22 heavy (non-hydrogen) atoms. The second-order valence-corrected chi connectivity index (χ2v) is 4.00. The number of carbonyl (C=O) groups is 4. The van der Waals surface area contributed by atoms with Crippen LogP contribution in [0, 0.1) is 0 Å². The third-order valence-electron chi connectivity index (χ3n) is 2.17. The van der Waals surface area contributed by atoms with E-state index in [0.717, 1.165) is 9.80 Å². The summed E-state index contributed by atoms with van der Waals surface area (Å²) in [5.41, 5.74) is 0. The van der Waals surface area contributed by atoms with Crippen molar-refractivity contribution in [2.24, 2.45) is 0 Å². The van der Waals surface area contributed by atoms with E-state index in [1.54, 1.807) is 0 Å². The van der Waals surface area contributed by atoms with Crippen molar-refractivity contribution in [2.45, 2.75) is 0 Å². The van der Waals surface area contributed by atoms with Crippen molar-refractivity contribution in [3.8, 4) is 0 Å². The zero-order valence-corrected chi connectivity index (χ0v) is 20.0. The number of aliphatic carboxylic acids is 4. The fourth-order valence-corrected chi connectivity index (χ4v) is 1.48. The summed E-state index contributed by atoms with van der Waals surface area (Å²) in [5, 5.41) is 34.5. The van der Waals surface area contributed by atoms with Gasteiger partial charge in [-0.2, -0.15) is 0 Å². The van der Waals surface area contributed by atoms with Crippen LogP contribution < -0.4 is 0 Å². The van der Waals surface area contributed by atoms with E-state index in [1.807, 2.05) is 0 Å². The molecule has 0 fully saturated rings. The minimum Gasteiger partial charge on any atom is -0.480 e. The predicted octanol–water partition coefficient (Wildman–Crippen LogP) is -2.08. The smallest absolute Gasteiger partial charge is 0.317 e. The summed E-state index contributed by atoms with van der Waals surface area (Å²) >= 11 is 0. The fourth-order valence-electron chi connectivity index (χ4n) is 1.48. The summed E-state index contributed by atoms with van der Waals surface area (Å²) in [6.07, 6.45) is 0. The second-order valence-electron chi connectivity index (χ2n) is 4.00. The largest absolute Gasteiger partial charge is 0.480 e. The van der Waals surface area contributed by atoms with Crippen LogP contribution in [0.25, 0.3) is 0 Å². The Morgan fingerprint density at radius 3 is 0.864 bits per heavy atom. The van der Waals surface area contributed by atoms with Crippen molar-refractivity contribution in [1.82, 2.24) is 9.80 Å². The Balaban J connectivity index is -0.00000180. The third-order valence-corrected chi connectivity index (χ3v) is 2.17. The number of rotatable bonds is 11. The molecule has 0 saturated heterocycles. The van der Waals surface area contributed by atoms with Crippen molar-refractivity contribution < 1.29 is 94.2 Å². The van der Waals surface area contributed by atoms with E-state index < -0.39 is 50.1 Å². The van der Waals surface area contributed by atoms with Crippen LogP contribution in [0.5, 0.6) is 0 Å². The number of hydrogen-bond donors (Lipinski definition) is 4. The van der Waals surface area contributed by atoms with Crippen molar-refractivity contribution in [1.29, 1.82) is 0 Å². The summed E-state index contributed by atoms with van der Waals surface area (Å²) in [6, 6.07) is 0. The maximum Gasteiger partial charge on any atom is 0.317 e. The topological polar surface area (TPSA) is 156 Å². The Morgan fingerprint density at radius 1 is 0.545 bits per heavy atom. The molecule has 0 aliphatic carbocycles. The minimum absolute atomic E-state index is 0. The zero-order chi connectivity index (χ0) is 15.7. The summed E-state index contributed by atoms with van der Waals surface area (Å²) in [6.45, 7) is -2.25. The number of carboxylic acids is 4. The first-order valence-electron chi connectivity index (χ1n) is 5.52. The molecule has 0 saturated carbocycles. The molecule has 0 aromatic heterocycles. The van der Waals surface area contributed by atoms with Crippen LogP contribution in [0.15, 0.2) is 0 Å². The Morgan fingerprint density at radius 2 is 0.727 bits per heavy atom. The van der Waals surface area contributed by atoms with Crippen molar-refractivity contribution in [3.05, 3.63) is 0 Å². The van der Waals surface area contributed by atoms with Gasteiger partial charge in [0.1, 0.15) is 0 Å². The van der Waals surface area contributed by atoms with E-state index in [-0.39, 0.29) is 67.7 Å². The van der Waals surface area contributed by atoms with Gasteiger partial charge in [-0.25, -0.2) is 0 Å². The second kappa shape index (κ2) is 14.3. The van der Waals surface area contributed by atoms with Crippen LogP contribution in [0.2, 0.25) is 0 Å². The molecule has 0 spiro atoms. The Bertz CT molecular complexity index is 325. The van der Waals surface area contributed by atoms with Crippen LogP contribution in [0.3, 0.4) is 0 Å². The first-order valence-corrected chi connectivity index (χ1v) is 5.52. The Labute approximate surface area is 166 Å². The van der Waals surface area contributed by atoms with Crippen molar-refractivity contribution in [2.75, 3.05) is 39.3 Å². The molecule has 0 bridgehead atoms. The molecule has 0 atom stereocenters. The van der Waals surface area contributed by atoms with Crippen molar-refractivity contribution in [3.63, 3.8) is 0 Å². The molecule has 0 heterocycles. The van der Waals surface area contributed by atoms with E-state index in [1.165, 1.54) is 0 Å². The minimum atomic E-state index is -1.23. The van der Waals surface area contributed by atoms with Crippen molar-refractivity contribution >= 4 is 23.9 Å². The van der Waals surface area contributed by atoms with Gasteiger partial charge in [0, 0.05) is 67.7 Å². The van der Waals surface area contributed by atoms with Gasteiger partial charge in [-0.3, -0.25) is 29.0 Å².